The number of hydrogen-bond donors (Lipinski definition) is 2. The Balaban J connectivity index is 1.68. The number of halogens is 1. The standard InChI is InChI=1S/C25H28BrN5O2S/c1-6-11-31-23(18(5)27-24(33)19-9-7-15(2)8-10-19)29-30-25(31)34-14-21(32)28-22-16(3)12-20(26)13-17(22)4/h6-10,12-13,18H,1,11,14H2,2-5H3,(H,27,33)(H,28,32)/t18-/m1/s1. The molecule has 2 aromatic carbocycles. The van der Waals surface area contributed by atoms with Gasteiger partial charge in [-0.2, -0.15) is 0 Å². The zero-order valence-electron chi connectivity index (χ0n) is 19.7. The molecule has 34 heavy (non-hydrogen) atoms. The van der Waals surface area contributed by atoms with Crippen molar-refractivity contribution in [3.05, 3.63) is 81.6 Å². The number of carbonyl (C=O) groups excluding carboxylic acids is 2. The molecule has 0 aliphatic rings. The van der Waals surface area contributed by atoms with Crippen molar-refractivity contribution < 1.29 is 9.59 Å². The number of carbonyl (C=O) groups is 2. The molecule has 0 bridgehead atoms. The topological polar surface area (TPSA) is 88.9 Å². The van der Waals surface area contributed by atoms with Crippen LogP contribution in [0.15, 0.2) is 58.7 Å². The van der Waals surface area contributed by atoms with Crippen LogP contribution in [0, 0.1) is 20.8 Å². The molecule has 0 aliphatic heterocycles. The average Bonchev–Trinajstić information content (AvgIpc) is 3.18. The summed E-state index contributed by atoms with van der Waals surface area (Å²) in [6.45, 7) is 12.0. The van der Waals surface area contributed by atoms with Crippen LogP contribution in [0.1, 0.15) is 45.8 Å². The molecular weight excluding hydrogens is 514 g/mol. The molecule has 178 valence electrons. The molecule has 0 fully saturated rings. The zero-order chi connectivity index (χ0) is 24.8. The van der Waals surface area contributed by atoms with Crippen LogP contribution >= 0.6 is 27.7 Å². The van der Waals surface area contributed by atoms with Crippen molar-refractivity contribution in [2.75, 3.05) is 11.1 Å². The molecule has 7 nitrogen and oxygen atoms in total. The molecule has 9 heteroatoms. The number of allylic oxidation sites excluding steroid dienone is 1. The Bertz CT molecular complexity index is 1180. The second-order valence-corrected chi connectivity index (χ2v) is 9.91. The number of aromatic nitrogens is 3. The number of benzene rings is 2. The normalized spacial score (nSPS) is 11.7. The summed E-state index contributed by atoms with van der Waals surface area (Å²) in [6.07, 6.45) is 1.74. The summed E-state index contributed by atoms with van der Waals surface area (Å²) in [6, 6.07) is 10.9. The van der Waals surface area contributed by atoms with E-state index >= 15 is 0 Å². The van der Waals surface area contributed by atoms with Crippen LogP contribution in [-0.4, -0.2) is 32.3 Å². The van der Waals surface area contributed by atoms with E-state index < -0.39 is 0 Å². The van der Waals surface area contributed by atoms with Gasteiger partial charge in [-0.15, -0.1) is 16.8 Å². The highest BCUT2D eigenvalue weighted by molar-refractivity contribution is 9.10. The number of nitrogens with zero attached hydrogens (tertiary/aromatic N) is 3. The predicted molar refractivity (Wildman–Crippen MR) is 140 cm³/mol. The molecule has 2 amide bonds. The van der Waals surface area contributed by atoms with Gasteiger partial charge >= 0.3 is 0 Å². The molecule has 1 atom stereocenters. The second kappa shape index (κ2) is 11.5. The fourth-order valence-corrected chi connectivity index (χ4v) is 4.93. The Morgan fingerprint density at radius 1 is 1.15 bits per heavy atom. The highest BCUT2D eigenvalue weighted by atomic mass is 79.9. The van der Waals surface area contributed by atoms with Gasteiger partial charge in [-0.1, -0.05) is 51.5 Å². The fourth-order valence-electron chi connectivity index (χ4n) is 3.49. The van der Waals surface area contributed by atoms with Crippen molar-refractivity contribution in [2.45, 2.75) is 45.4 Å². The minimum atomic E-state index is -0.377. The molecule has 0 spiro atoms. The fraction of sp³-hybridized carbons (Fsp3) is 0.280. The second-order valence-electron chi connectivity index (χ2n) is 8.05. The molecule has 1 aromatic heterocycles. The van der Waals surface area contributed by atoms with Gasteiger partial charge in [-0.05, 0) is 63.1 Å². The van der Waals surface area contributed by atoms with Gasteiger partial charge in [-0.3, -0.25) is 9.59 Å². The van der Waals surface area contributed by atoms with Gasteiger partial charge in [0.15, 0.2) is 11.0 Å². The summed E-state index contributed by atoms with van der Waals surface area (Å²) in [5.41, 5.74) is 4.46. The predicted octanol–water partition coefficient (Wildman–Crippen LogP) is 5.37. The first kappa shape index (κ1) is 25.7. The molecule has 0 saturated heterocycles. The smallest absolute Gasteiger partial charge is 0.251 e. The summed E-state index contributed by atoms with van der Waals surface area (Å²) < 4.78 is 2.84. The van der Waals surface area contributed by atoms with E-state index in [1.807, 2.05) is 56.5 Å². The third-order valence-electron chi connectivity index (χ3n) is 5.20. The van der Waals surface area contributed by atoms with E-state index in [1.165, 1.54) is 11.8 Å². The molecular formula is C25H28BrN5O2S. The van der Waals surface area contributed by atoms with Gasteiger partial charge in [0.05, 0.1) is 11.8 Å². The van der Waals surface area contributed by atoms with Crippen molar-refractivity contribution in [3.8, 4) is 0 Å². The maximum Gasteiger partial charge on any atom is 0.251 e. The van der Waals surface area contributed by atoms with E-state index in [1.54, 1.807) is 18.2 Å². The lowest BCUT2D eigenvalue weighted by Gasteiger charge is -2.15. The quantitative estimate of drug-likeness (QED) is 0.280. The summed E-state index contributed by atoms with van der Waals surface area (Å²) in [4.78, 5) is 25.3. The van der Waals surface area contributed by atoms with Crippen molar-refractivity contribution in [1.82, 2.24) is 20.1 Å². The average molecular weight is 543 g/mol. The first-order valence-electron chi connectivity index (χ1n) is 10.8. The van der Waals surface area contributed by atoms with E-state index in [0.717, 1.165) is 26.9 Å². The van der Waals surface area contributed by atoms with E-state index in [2.05, 4.69) is 43.3 Å². The van der Waals surface area contributed by atoms with Gasteiger partial charge < -0.3 is 15.2 Å². The van der Waals surface area contributed by atoms with Gasteiger partial charge in [-0.25, -0.2) is 0 Å². The van der Waals surface area contributed by atoms with Crippen molar-refractivity contribution in [1.29, 1.82) is 0 Å². The first-order valence-corrected chi connectivity index (χ1v) is 12.6. The van der Waals surface area contributed by atoms with Crippen molar-refractivity contribution in [3.63, 3.8) is 0 Å². The Kier molecular flexibility index (Phi) is 8.68. The lowest BCUT2D eigenvalue weighted by Crippen LogP contribution is -2.28. The molecule has 1 heterocycles. The van der Waals surface area contributed by atoms with Crippen LogP contribution in [0.3, 0.4) is 0 Å². The van der Waals surface area contributed by atoms with Gasteiger partial charge in [0.25, 0.3) is 5.91 Å². The number of nitrogens with one attached hydrogen (secondary N) is 2. The van der Waals surface area contributed by atoms with Crippen LogP contribution < -0.4 is 10.6 Å². The van der Waals surface area contributed by atoms with Crippen LogP contribution in [-0.2, 0) is 11.3 Å². The third-order valence-corrected chi connectivity index (χ3v) is 6.62. The summed E-state index contributed by atoms with van der Waals surface area (Å²) in [5.74, 6) is 0.459. The molecule has 3 rings (SSSR count). The summed E-state index contributed by atoms with van der Waals surface area (Å²) in [7, 11) is 0. The Hall–Kier alpha value is -2.91. The van der Waals surface area contributed by atoms with Crippen molar-refractivity contribution in [2.24, 2.45) is 0 Å². The molecule has 2 N–H and O–H groups in total. The number of rotatable bonds is 9. The monoisotopic (exact) mass is 541 g/mol. The largest absolute Gasteiger partial charge is 0.342 e. The number of amides is 2. The van der Waals surface area contributed by atoms with Gasteiger partial charge in [0.2, 0.25) is 5.91 Å². The molecule has 0 unspecified atom stereocenters. The minimum Gasteiger partial charge on any atom is -0.342 e. The van der Waals surface area contributed by atoms with Crippen LogP contribution in [0.5, 0.6) is 0 Å². The Morgan fingerprint density at radius 3 is 2.41 bits per heavy atom. The Labute approximate surface area is 212 Å². The Morgan fingerprint density at radius 2 is 1.79 bits per heavy atom. The van der Waals surface area contributed by atoms with Crippen LogP contribution in [0.2, 0.25) is 0 Å². The lowest BCUT2D eigenvalue weighted by molar-refractivity contribution is -0.113. The summed E-state index contributed by atoms with van der Waals surface area (Å²) >= 11 is 4.76. The summed E-state index contributed by atoms with van der Waals surface area (Å²) in [5, 5.41) is 15.1. The van der Waals surface area contributed by atoms with E-state index in [0.29, 0.717) is 23.1 Å². The van der Waals surface area contributed by atoms with E-state index in [9.17, 15) is 9.59 Å². The highest BCUT2D eigenvalue weighted by Crippen LogP contribution is 2.26. The third kappa shape index (κ3) is 6.36. The van der Waals surface area contributed by atoms with Crippen LogP contribution in [0.4, 0.5) is 5.69 Å². The number of hydrogen-bond acceptors (Lipinski definition) is 5. The minimum absolute atomic E-state index is 0.131. The zero-order valence-corrected chi connectivity index (χ0v) is 22.1. The molecule has 3 aromatic rings. The maximum atomic E-state index is 12.6. The van der Waals surface area contributed by atoms with E-state index in [4.69, 9.17) is 0 Å². The molecule has 0 radical (unpaired) electrons. The van der Waals surface area contributed by atoms with Crippen LogP contribution in [0.25, 0.3) is 0 Å². The van der Waals surface area contributed by atoms with Crippen molar-refractivity contribution >= 4 is 45.2 Å². The number of anilines is 1. The van der Waals surface area contributed by atoms with Gasteiger partial charge in [0.1, 0.15) is 0 Å². The number of thioether (sulfide) groups is 1. The van der Waals surface area contributed by atoms with E-state index in [-0.39, 0.29) is 23.6 Å². The highest BCUT2D eigenvalue weighted by Gasteiger charge is 2.20. The first-order chi connectivity index (χ1) is 16.2. The number of aryl methyl sites for hydroxylation is 3. The lowest BCUT2D eigenvalue weighted by atomic mass is 10.1. The van der Waals surface area contributed by atoms with Gasteiger partial charge in [0, 0.05) is 22.3 Å². The molecule has 0 aliphatic carbocycles. The molecule has 0 saturated carbocycles. The SMILES string of the molecule is C=CCn1c(SCC(=O)Nc2c(C)cc(Br)cc2C)nnc1[C@@H](C)NC(=O)c1ccc(C)cc1. The maximum absolute atomic E-state index is 12.6.